The van der Waals surface area contributed by atoms with E-state index in [1.165, 1.54) is 0 Å². The van der Waals surface area contributed by atoms with E-state index < -0.39 is 0 Å². The van der Waals surface area contributed by atoms with Gasteiger partial charge in [0.2, 0.25) is 0 Å². The highest BCUT2D eigenvalue weighted by molar-refractivity contribution is 7.80. The van der Waals surface area contributed by atoms with Gasteiger partial charge in [-0.1, -0.05) is 46.8 Å². The first-order chi connectivity index (χ1) is 6.79. The van der Waals surface area contributed by atoms with Crippen LogP contribution in [0.2, 0.25) is 0 Å². The number of nitrogens with two attached hydrogens (primary N) is 1. The van der Waals surface area contributed by atoms with Gasteiger partial charge in [0, 0.05) is 12.0 Å². The lowest BCUT2D eigenvalue weighted by Crippen LogP contribution is -2.36. The van der Waals surface area contributed by atoms with Gasteiger partial charge in [-0.05, 0) is 25.4 Å². The van der Waals surface area contributed by atoms with Crippen LogP contribution in [-0.4, -0.2) is 29.5 Å². The van der Waals surface area contributed by atoms with Crippen LogP contribution in [0, 0.1) is 11.3 Å². The van der Waals surface area contributed by atoms with E-state index in [0.717, 1.165) is 32.0 Å². The van der Waals surface area contributed by atoms with Crippen molar-refractivity contribution in [2.24, 2.45) is 17.1 Å². The van der Waals surface area contributed by atoms with Gasteiger partial charge in [-0.25, -0.2) is 0 Å². The summed E-state index contributed by atoms with van der Waals surface area (Å²) in [5.41, 5.74) is 5.70. The molecule has 0 aliphatic carbocycles. The summed E-state index contributed by atoms with van der Waals surface area (Å²) in [4.78, 5) is 3.09. The first-order valence-electron chi connectivity index (χ1n) is 5.82. The second-order valence-corrected chi connectivity index (χ2v) is 5.73. The van der Waals surface area contributed by atoms with Crippen LogP contribution in [0.25, 0.3) is 0 Å². The van der Waals surface area contributed by atoms with Gasteiger partial charge in [0.1, 0.15) is 0 Å². The van der Waals surface area contributed by atoms with Crippen LogP contribution in [0.1, 0.15) is 41.0 Å². The fourth-order valence-electron chi connectivity index (χ4n) is 1.46. The number of rotatable bonds is 7. The summed E-state index contributed by atoms with van der Waals surface area (Å²) in [5, 5.41) is 0. The van der Waals surface area contributed by atoms with Crippen LogP contribution in [0.5, 0.6) is 0 Å². The van der Waals surface area contributed by atoms with Crippen LogP contribution >= 0.6 is 12.2 Å². The van der Waals surface area contributed by atoms with Crippen LogP contribution < -0.4 is 5.73 Å². The van der Waals surface area contributed by atoms with Crippen LogP contribution in [0.4, 0.5) is 0 Å². The summed E-state index contributed by atoms with van der Waals surface area (Å²) in [5.74, 6) is 0.720. The van der Waals surface area contributed by atoms with Gasteiger partial charge >= 0.3 is 0 Å². The first kappa shape index (κ1) is 14.8. The molecule has 0 heterocycles. The molecule has 3 heteroatoms. The molecule has 0 aromatic heterocycles. The zero-order valence-electron chi connectivity index (χ0n) is 10.8. The maximum atomic E-state index is 5.71. The molecular weight excluding hydrogens is 204 g/mol. The van der Waals surface area contributed by atoms with Crippen molar-refractivity contribution < 1.29 is 0 Å². The van der Waals surface area contributed by atoms with Crippen molar-refractivity contribution in [1.29, 1.82) is 0 Å². The van der Waals surface area contributed by atoms with E-state index in [1.807, 2.05) is 0 Å². The Morgan fingerprint density at radius 2 is 1.93 bits per heavy atom. The van der Waals surface area contributed by atoms with Crippen LogP contribution in [0.3, 0.4) is 0 Å². The Balaban J connectivity index is 4.05. The average Bonchev–Trinajstić information content (AvgIpc) is 2.11. The second-order valence-electron chi connectivity index (χ2n) is 5.29. The van der Waals surface area contributed by atoms with Crippen molar-refractivity contribution in [1.82, 2.24) is 4.90 Å². The van der Waals surface area contributed by atoms with Gasteiger partial charge in [-0.15, -0.1) is 0 Å². The number of nitrogens with zero attached hydrogens (tertiary/aromatic N) is 1. The summed E-state index contributed by atoms with van der Waals surface area (Å²) >= 11 is 5.07. The third-order valence-electron chi connectivity index (χ3n) is 2.79. The molecule has 0 saturated carbocycles. The maximum Gasteiger partial charge on any atom is 0.0784 e. The summed E-state index contributed by atoms with van der Waals surface area (Å²) in [6.07, 6.45) is 1.04. The molecule has 2 N–H and O–H groups in total. The average molecular weight is 230 g/mol. The number of hydrogen-bond donors (Lipinski definition) is 1. The Labute approximate surface area is 100 Å². The fraction of sp³-hybridized carbons (Fsp3) is 0.917. The van der Waals surface area contributed by atoms with Crippen molar-refractivity contribution in [2.75, 3.05) is 19.6 Å². The topological polar surface area (TPSA) is 29.3 Å². The van der Waals surface area contributed by atoms with Crippen molar-refractivity contribution in [3.05, 3.63) is 0 Å². The highest BCUT2D eigenvalue weighted by Gasteiger charge is 2.22. The SMILES string of the molecule is CCN(CCC(C)(C)C(N)=S)CC(C)C. The lowest BCUT2D eigenvalue weighted by Gasteiger charge is -2.28. The molecule has 0 saturated heterocycles. The van der Waals surface area contributed by atoms with Crippen LogP contribution in [-0.2, 0) is 0 Å². The first-order valence-corrected chi connectivity index (χ1v) is 6.22. The quantitative estimate of drug-likeness (QED) is 0.682. The highest BCUT2D eigenvalue weighted by atomic mass is 32.1. The minimum atomic E-state index is -0.0142. The summed E-state index contributed by atoms with van der Waals surface area (Å²) in [6, 6.07) is 0. The molecule has 0 unspecified atom stereocenters. The zero-order chi connectivity index (χ0) is 12.1. The standard InChI is InChI=1S/C12H26N2S/c1-6-14(9-10(2)3)8-7-12(4,5)11(13)15/h10H,6-9H2,1-5H3,(H2,13,15). The summed E-state index contributed by atoms with van der Waals surface area (Å²) < 4.78 is 0. The Morgan fingerprint density at radius 3 is 2.27 bits per heavy atom. The number of thiocarbonyl (C=S) groups is 1. The number of hydrogen-bond acceptors (Lipinski definition) is 2. The molecule has 0 atom stereocenters. The predicted molar refractivity (Wildman–Crippen MR) is 72.1 cm³/mol. The van der Waals surface area contributed by atoms with Crippen molar-refractivity contribution in [3.8, 4) is 0 Å². The third-order valence-corrected chi connectivity index (χ3v) is 3.34. The van der Waals surface area contributed by atoms with Gasteiger partial charge < -0.3 is 10.6 Å². The molecule has 15 heavy (non-hydrogen) atoms. The molecule has 0 bridgehead atoms. The van der Waals surface area contributed by atoms with E-state index in [-0.39, 0.29) is 5.41 Å². The smallest absolute Gasteiger partial charge is 0.0784 e. The molecule has 0 aliphatic rings. The van der Waals surface area contributed by atoms with Gasteiger partial charge in [0.15, 0.2) is 0 Å². The van der Waals surface area contributed by atoms with Gasteiger partial charge in [-0.3, -0.25) is 0 Å². The molecule has 0 spiro atoms. The predicted octanol–water partition coefficient (Wildman–Crippen LogP) is 2.67. The normalized spacial score (nSPS) is 12.5. The minimum absolute atomic E-state index is 0.0142. The van der Waals surface area contributed by atoms with E-state index >= 15 is 0 Å². The molecule has 0 amide bonds. The lowest BCUT2D eigenvalue weighted by molar-refractivity contribution is 0.232. The Hall–Kier alpha value is -0.150. The van der Waals surface area contributed by atoms with E-state index in [1.54, 1.807) is 0 Å². The second kappa shape index (κ2) is 6.44. The Kier molecular flexibility index (Phi) is 6.37. The molecule has 0 fully saturated rings. The van der Waals surface area contributed by atoms with Gasteiger partial charge in [0.25, 0.3) is 0 Å². The summed E-state index contributed by atoms with van der Waals surface area (Å²) in [6.45, 7) is 14.3. The monoisotopic (exact) mass is 230 g/mol. The zero-order valence-corrected chi connectivity index (χ0v) is 11.7. The van der Waals surface area contributed by atoms with Crippen molar-refractivity contribution in [2.45, 2.75) is 41.0 Å². The third kappa shape index (κ3) is 6.10. The molecule has 0 rings (SSSR count). The molecule has 0 aromatic rings. The molecule has 90 valence electrons. The van der Waals surface area contributed by atoms with E-state index in [0.29, 0.717) is 4.99 Å². The van der Waals surface area contributed by atoms with Crippen molar-refractivity contribution in [3.63, 3.8) is 0 Å². The molecule has 2 nitrogen and oxygen atoms in total. The molecule has 0 radical (unpaired) electrons. The van der Waals surface area contributed by atoms with Gasteiger partial charge in [0.05, 0.1) is 4.99 Å². The maximum absolute atomic E-state index is 5.71. The Bertz CT molecular complexity index is 200. The summed E-state index contributed by atoms with van der Waals surface area (Å²) in [7, 11) is 0. The minimum Gasteiger partial charge on any atom is -0.393 e. The lowest BCUT2D eigenvalue weighted by atomic mass is 9.89. The van der Waals surface area contributed by atoms with E-state index in [4.69, 9.17) is 18.0 Å². The molecule has 0 aromatic carbocycles. The van der Waals surface area contributed by atoms with E-state index in [9.17, 15) is 0 Å². The van der Waals surface area contributed by atoms with E-state index in [2.05, 4.69) is 39.5 Å². The van der Waals surface area contributed by atoms with Crippen LogP contribution in [0.15, 0.2) is 0 Å². The Morgan fingerprint density at radius 1 is 1.40 bits per heavy atom. The fourth-order valence-corrected chi connectivity index (χ4v) is 1.56. The molecular formula is C12H26N2S. The van der Waals surface area contributed by atoms with Crippen molar-refractivity contribution >= 4 is 17.2 Å². The highest BCUT2D eigenvalue weighted by Crippen LogP contribution is 2.21. The largest absolute Gasteiger partial charge is 0.393 e. The molecule has 0 aliphatic heterocycles. The van der Waals surface area contributed by atoms with Gasteiger partial charge in [-0.2, -0.15) is 0 Å².